The van der Waals surface area contributed by atoms with Gasteiger partial charge in [-0.1, -0.05) is 36.4 Å². The Morgan fingerprint density at radius 2 is 1.06 bits per heavy atom. The first-order valence-electron chi connectivity index (χ1n) is 10.4. The fraction of sp³-hybridized carbons (Fsp3) is 0.0769. The summed E-state index contributed by atoms with van der Waals surface area (Å²) in [6.45, 7) is 0. The number of amides is 2. The molecule has 3 aromatic carbocycles. The lowest BCUT2D eigenvalue weighted by Gasteiger charge is -2.21. The molecule has 2 N–H and O–H groups in total. The molecule has 1 heterocycles. The number of benzene rings is 3. The molecule has 0 aliphatic rings. The summed E-state index contributed by atoms with van der Waals surface area (Å²) in [4.78, 5) is 29.5. The molecule has 0 fully saturated rings. The Kier molecular flexibility index (Phi) is 6.05. The molecule has 172 valence electrons. The summed E-state index contributed by atoms with van der Waals surface area (Å²) >= 11 is 0. The van der Waals surface area contributed by atoms with Gasteiger partial charge in [0.15, 0.2) is 22.9 Å². The first-order valence-corrected chi connectivity index (χ1v) is 10.4. The van der Waals surface area contributed by atoms with Gasteiger partial charge in [-0.3, -0.25) is 14.2 Å². The SMILES string of the molecule is CN(C(=O)c1c(O)c(O)c(C(=O)N(C)c2ccccc2)n1-c1ccc(F)cc1)c1ccccc1. The largest absolute Gasteiger partial charge is 0.503 e. The summed E-state index contributed by atoms with van der Waals surface area (Å²) in [5.41, 5.74) is 0.618. The average Bonchev–Trinajstić information content (AvgIpc) is 3.14. The van der Waals surface area contributed by atoms with Crippen LogP contribution in [0.2, 0.25) is 0 Å². The van der Waals surface area contributed by atoms with E-state index in [-0.39, 0.29) is 17.1 Å². The molecule has 4 rings (SSSR count). The second kappa shape index (κ2) is 9.11. The number of anilines is 2. The second-order valence-electron chi connectivity index (χ2n) is 7.61. The Bertz CT molecular complexity index is 1260. The van der Waals surface area contributed by atoms with Gasteiger partial charge in [0, 0.05) is 31.2 Å². The smallest absolute Gasteiger partial charge is 0.279 e. The van der Waals surface area contributed by atoms with Crippen molar-refractivity contribution in [2.75, 3.05) is 23.9 Å². The van der Waals surface area contributed by atoms with Crippen molar-refractivity contribution >= 4 is 23.2 Å². The van der Waals surface area contributed by atoms with Crippen LogP contribution in [0.25, 0.3) is 5.69 Å². The van der Waals surface area contributed by atoms with E-state index < -0.39 is 29.1 Å². The molecule has 0 aliphatic heterocycles. The van der Waals surface area contributed by atoms with Crippen molar-refractivity contribution in [3.63, 3.8) is 0 Å². The molecule has 0 saturated carbocycles. The zero-order valence-electron chi connectivity index (χ0n) is 18.5. The van der Waals surface area contributed by atoms with E-state index in [0.29, 0.717) is 11.4 Å². The summed E-state index contributed by atoms with van der Waals surface area (Å²) in [5, 5.41) is 21.6. The number of nitrogens with zero attached hydrogens (tertiary/aromatic N) is 3. The summed E-state index contributed by atoms with van der Waals surface area (Å²) in [6.07, 6.45) is 0. The fourth-order valence-electron chi connectivity index (χ4n) is 3.65. The molecule has 2 amide bonds. The predicted octanol–water partition coefficient (Wildman–Crippen LogP) is 4.58. The van der Waals surface area contributed by atoms with Gasteiger partial charge in [-0.05, 0) is 48.5 Å². The highest BCUT2D eigenvalue weighted by Gasteiger charge is 2.34. The topological polar surface area (TPSA) is 86.0 Å². The van der Waals surface area contributed by atoms with Gasteiger partial charge in [0.25, 0.3) is 11.8 Å². The summed E-state index contributed by atoms with van der Waals surface area (Å²) in [7, 11) is 3.02. The number of halogens is 1. The highest BCUT2D eigenvalue weighted by molar-refractivity contribution is 6.13. The Hall–Kier alpha value is -4.59. The van der Waals surface area contributed by atoms with Crippen molar-refractivity contribution in [3.05, 3.63) is 102 Å². The minimum atomic E-state index is -0.748. The lowest BCUT2D eigenvalue weighted by atomic mass is 10.2. The van der Waals surface area contributed by atoms with Crippen molar-refractivity contribution in [2.45, 2.75) is 0 Å². The van der Waals surface area contributed by atoms with Gasteiger partial charge in [0.2, 0.25) is 0 Å². The maximum atomic E-state index is 13.6. The molecule has 0 bridgehead atoms. The fourth-order valence-corrected chi connectivity index (χ4v) is 3.65. The maximum absolute atomic E-state index is 13.6. The van der Waals surface area contributed by atoms with Crippen LogP contribution in [0.4, 0.5) is 15.8 Å². The molecule has 0 saturated heterocycles. The van der Waals surface area contributed by atoms with Gasteiger partial charge in [-0.25, -0.2) is 4.39 Å². The van der Waals surface area contributed by atoms with Crippen LogP contribution in [-0.2, 0) is 0 Å². The molecule has 4 aromatic rings. The maximum Gasteiger partial charge on any atom is 0.279 e. The van der Waals surface area contributed by atoms with Crippen molar-refractivity contribution in [3.8, 4) is 17.2 Å². The van der Waals surface area contributed by atoms with Gasteiger partial charge in [0.1, 0.15) is 5.82 Å². The molecule has 1 aromatic heterocycles. The van der Waals surface area contributed by atoms with Crippen molar-refractivity contribution < 1.29 is 24.2 Å². The van der Waals surface area contributed by atoms with Crippen LogP contribution in [0.1, 0.15) is 21.0 Å². The number of para-hydroxylation sites is 2. The minimum absolute atomic E-state index is 0.214. The van der Waals surface area contributed by atoms with Gasteiger partial charge in [-0.15, -0.1) is 0 Å². The van der Waals surface area contributed by atoms with E-state index in [1.807, 2.05) is 0 Å². The van der Waals surface area contributed by atoms with E-state index >= 15 is 0 Å². The van der Waals surface area contributed by atoms with Crippen LogP contribution >= 0.6 is 0 Å². The lowest BCUT2D eigenvalue weighted by molar-refractivity contribution is 0.0981. The third-order valence-electron chi connectivity index (χ3n) is 5.51. The number of hydrogen-bond acceptors (Lipinski definition) is 4. The molecule has 8 heteroatoms. The lowest BCUT2D eigenvalue weighted by Crippen LogP contribution is -2.31. The molecule has 7 nitrogen and oxygen atoms in total. The zero-order chi connectivity index (χ0) is 24.4. The number of hydrogen-bond donors (Lipinski definition) is 2. The quantitative estimate of drug-likeness (QED) is 0.457. The first-order chi connectivity index (χ1) is 16.3. The van der Waals surface area contributed by atoms with Crippen LogP contribution in [0.3, 0.4) is 0 Å². The van der Waals surface area contributed by atoms with Crippen LogP contribution < -0.4 is 9.80 Å². The average molecular weight is 459 g/mol. The number of carbonyl (C=O) groups is 2. The molecule has 0 spiro atoms. The standard InChI is InChI=1S/C26H22FN3O4/c1-28(18-9-5-3-6-10-18)25(33)21-23(31)24(32)22(30(21)20-15-13-17(27)14-16-20)26(34)29(2)19-11-7-4-8-12-19/h3-16,31-32H,1-2H3. The molecule has 0 aliphatic carbocycles. The van der Waals surface area contributed by atoms with E-state index in [4.69, 9.17) is 0 Å². The van der Waals surface area contributed by atoms with E-state index in [9.17, 15) is 24.2 Å². The van der Waals surface area contributed by atoms with E-state index in [0.717, 1.165) is 16.7 Å². The van der Waals surface area contributed by atoms with Crippen molar-refractivity contribution in [1.82, 2.24) is 4.57 Å². The van der Waals surface area contributed by atoms with Gasteiger partial charge in [-0.2, -0.15) is 0 Å². The van der Waals surface area contributed by atoms with Gasteiger partial charge >= 0.3 is 0 Å². The Morgan fingerprint density at radius 1 is 0.676 bits per heavy atom. The van der Waals surface area contributed by atoms with Crippen LogP contribution in [0.5, 0.6) is 11.5 Å². The van der Waals surface area contributed by atoms with E-state index in [1.165, 1.54) is 36.0 Å². The summed E-state index contributed by atoms with van der Waals surface area (Å²) < 4.78 is 14.8. The molecular weight excluding hydrogens is 437 g/mol. The normalized spacial score (nSPS) is 10.7. The molecule has 0 unspecified atom stereocenters. The molecular formula is C26H22FN3O4. The Labute approximate surface area is 195 Å². The zero-order valence-corrected chi connectivity index (χ0v) is 18.5. The van der Waals surface area contributed by atoms with Gasteiger partial charge < -0.3 is 20.0 Å². The summed E-state index contributed by atoms with van der Waals surface area (Å²) in [5.74, 6) is -3.37. The van der Waals surface area contributed by atoms with Crippen LogP contribution in [-0.4, -0.2) is 40.7 Å². The van der Waals surface area contributed by atoms with E-state index in [1.54, 1.807) is 60.7 Å². The minimum Gasteiger partial charge on any atom is -0.503 e. The highest BCUT2D eigenvalue weighted by Crippen LogP contribution is 2.40. The first kappa shape index (κ1) is 22.6. The molecule has 34 heavy (non-hydrogen) atoms. The number of carbonyl (C=O) groups excluding carboxylic acids is 2. The monoisotopic (exact) mass is 459 g/mol. The van der Waals surface area contributed by atoms with Crippen LogP contribution in [0.15, 0.2) is 84.9 Å². The Balaban J connectivity index is 1.91. The third-order valence-corrected chi connectivity index (χ3v) is 5.51. The second-order valence-corrected chi connectivity index (χ2v) is 7.61. The number of rotatable bonds is 5. The number of aromatic nitrogens is 1. The van der Waals surface area contributed by atoms with Crippen molar-refractivity contribution in [2.24, 2.45) is 0 Å². The van der Waals surface area contributed by atoms with Crippen LogP contribution in [0, 0.1) is 5.82 Å². The summed E-state index contributed by atoms with van der Waals surface area (Å²) in [6, 6.07) is 22.4. The van der Waals surface area contributed by atoms with E-state index in [2.05, 4.69) is 0 Å². The predicted molar refractivity (Wildman–Crippen MR) is 127 cm³/mol. The molecule has 0 radical (unpaired) electrons. The Morgan fingerprint density at radius 3 is 1.44 bits per heavy atom. The highest BCUT2D eigenvalue weighted by atomic mass is 19.1. The number of aromatic hydroxyl groups is 2. The third kappa shape index (κ3) is 3.97. The van der Waals surface area contributed by atoms with Gasteiger partial charge in [0.05, 0.1) is 0 Å². The molecule has 0 atom stereocenters. The van der Waals surface area contributed by atoms with Crippen molar-refractivity contribution in [1.29, 1.82) is 0 Å².